The van der Waals surface area contributed by atoms with E-state index in [1.54, 1.807) is 5.57 Å². The number of allylic oxidation sites excluding steroid dienone is 1. The number of hydrogen-bond acceptors (Lipinski definition) is 5. The summed E-state index contributed by atoms with van der Waals surface area (Å²) in [6.07, 6.45) is 8.80. The minimum absolute atomic E-state index is 0.873. The van der Waals surface area contributed by atoms with Gasteiger partial charge in [0.05, 0.1) is 0 Å². The van der Waals surface area contributed by atoms with Gasteiger partial charge in [-0.2, -0.15) is 4.98 Å². The normalized spacial score (nSPS) is 19.6. The van der Waals surface area contributed by atoms with Gasteiger partial charge >= 0.3 is 0 Å². The molecule has 23 heavy (non-hydrogen) atoms. The van der Waals surface area contributed by atoms with E-state index in [4.69, 9.17) is 4.98 Å². The summed E-state index contributed by atoms with van der Waals surface area (Å²) in [6, 6.07) is 2.05. The first-order valence-corrected chi connectivity index (χ1v) is 8.92. The lowest BCUT2D eigenvalue weighted by molar-refractivity contribution is 0.311. The van der Waals surface area contributed by atoms with Gasteiger partial charge in [0.25, 0.3) is 0 Å². The first-order valence-electron chi connectivity index (χ1n) is 8.92. The Bertz CT molecular complexity index is 546. The van der Waals surface area contributed by atoms with E-state index in [1.807, 2.05) is 0 Å². The van der Waals surface area contributed by atoms with Crippen molar-refractivity contribution in [2.75, 3.05) is 50.0 Å². The van der Waals surface area contributed by atoms with Crippen LogP contribution in [0, 0.1) is 6.92 Å². The summed E-state index contributed by atoms with van der Waals surface area (Å²) in [5.41, 5.74) is 2.64. The average Bonchev–Trinajstić information content (AvgIpc) is 2.56. The number of hydrogen-bond donors (Lipinski definition) is 1. The van der Waals surface area contributed by atoms with E-state index >= 15 is 0 Å². The molecule has 0 amide bonds. The Morgan fingerprint density at radius 1 is 1.13 bits per heavy atom. The van der Waals surface area contributed by atoms with Gasteiger partial charge in [-0.1, -0.05) is 11.6 Å². The maximum atomic E-state index is 4.73. The van der Waals surface area contributed by atoms with Crippen molar-refractivity contribution in [1.29, 1.82) is 0 Å². The van der Waals surface area contributed by atoms with E-state index in [2.05, 4.69) is 46.2 Å². The largest absolute Gasteiger partial charge is 0.370 e. The third kappa shape index (κ3) is 4.67. The van der Waals surface area contributed by atoms with Crippen molar-refractivity contribution in [2.24, 2.45) is 0 Å². The average molecular weight is 315 g/mol. The fourth-order valence-corrected chi connectivity index (χ4v) is 3.27. The van der Waals surface area contributed by atoms with Gasteiger partial charge in [-0.15, -0.1) is 0 Å². The second-order valence-corrected chi connectivity index (χ2v) is 6.77. The number of likely N-dealkylation sites (N-methyl/N-ethyl adjacent to an activating group) is 1. The predicted octanol–water partition coefficient (Wildman–Crippen LogP) is 2.84. The Morgan fingerprint density at radius 2 is 1.96 bits per heavy atom. The molecule has 0 radical (unpaired) electrons. The zero-order valence-corrected chi connectivity index (χ0v) is 14.5. The third-order valence-electron chi connectivity index (χ3n) is 4.77. The van der Waals surface area contributed by atoms with Gasteiger partial charge in [-0.05, 0) is 46.1 Å². The Morgan fingerprint density at radius 3 is 2.70 bits per heavy atom. The van der Waals surface area contributed by atoms with Crippen molar-refractivity contribution < 1.29 is 0 Å². The van der Waals surface area contributed by atoms with Crippen LogP contribution < -0.4 is 10.2 Å². The molecule has 0 bridgehead atoms. The molecule has 1 aromatic heterocycles. The number of anilines is 2. The number of nitrogens with one attached hydrogen (secondary N) is 1. The molecule has 1 N–H and O–H groups in total. The van der Waals surface area contributed by atoms with Crippen LogP contribution in [-0.2, 0) is 0 Å². The number of aromatic nitrogens is 2. The van der Waals surface area contributed by atoms with Crippen LogP contribution in [0.3, 0.4) is 0 Å². The SMILES string of the molecule is Cc1cc(NCCC2=CCCCC2)nc(N2CCN(C)CC2)n1. The van der Waals surface area contributed by atoms with Crippen LogP contribution in [0.15, 0.2) is 17.7 Å². The summed E-state index contributed by atoms with van der Waals surface area (Å²) < 4.78 is 0. The molecule has 1 aliphatic carbocycles. The van der Waals surface area contributed by atoms with E-state index in [1.165, 1.54) is 25.7 Å². The highest BCUT2D eigenvalue weighted by molar-refractivity contribution is 5.44. The molecule has 5 nitrogen and oxygen atoms in total. The third-order valence-corrected chi connectivity index (χ3v) is 4.77. The van der Waals surface area contributed by atoms with E-state index < -0.39 is 0 Å². The van der Waals surface area contributed by atoms with Crippen LogP contribution in [0.1, 0.15) is 37.8 Å². The minimum atomic E-state index is 0.873. The summed E-state index contributed by atoms with van der Waals surface area (Å²) in [5.74, 6) is 1.83. The molecule has 1 aromatic rings. The van der Waals surface area contributed by atoms with Crippen molar-refractivity contribution in [3.8, 4) is 0 Å². The fourth-order valence-electron chi connectivity index (χ4n) is 3.27. The second kappa shape index (κ2) is 7.77. The number of rotatable bonds is 5. The van der Waals surface area contributed by atoms with Gasteiger partial charge in [-0.25, -0.2) is 4.98 Å². The van der Waals surface area contributed by atoms with Crippen LogP contribution in [0.25, 0.3) is 0 Å². The molecule has 0 atom stereocenters. The number of aryl methyl sites for hydroxylation is 1. The van der Waals surface area contributed by atoms with Crippen molar-refractivity contribution in [2.45, 2.75) is 39.0 Å². The molecule has 0 spiro atoms. The lowest BCUT2D eigenvalue weighted by Gasteiger charge is -2.32. The maximum absolute atomic E-state index is 4.73. The fraction of sp³-hybridized carbons (Fsp3) is 0.667. The summed E-state index contributed by atoms with van der Waals surface area (Å²) in [7, 11) is 2.17. The molecule has 2 heterocycles. The van der Waals surface area contributed by atoms with Gasteiger partial charge in [0.2, 0.25) is 5.95 Å². The number of piperazine rings is 1. The maximum Gasteiger partial charge on any atom is 0.227 e. The smallest absolute Gasteiger partial charge is 0.227 e. The minimum Gasteiger partial charge on any atom is -0.370 e. The highest BCUT2D eigenvalue weighted by Crippen LogP contribution is 2.20. The Kier molecular flexibility index (Phi) is 5.49. The number of nitrogens with zero attached hydrogens (tertiary/aromatic N) is 4. The summed E-state index contributed by atoms with van der Waals surface area (Å²) in [6.45, 7) is 7.18. The molecule has 0 unspecified atom stereocenters. The highest BCUT2D eigenvalue weighted by atomic mass is 15.3. The van der Waals surface area contributed by atoms with Gasteiger partial charge in [0.15, 0.2) is 0 Å². The topological polar surface area (TPSA) is 44.3 Å². The predicted molar refractivity (Wildman–Crippen MR) is 96.1 cm³/mol. The molecule has 5 heteroatoms. The molecule has 0 saturated carbocycles. The van der Waals surface area contributed by atoms with Crippen LogP contribution in [0.4, 0.5) is 11.8 Å². The van der Waals surface area contributed by atoms with Gasteiger partial charge in [-0.3, -0.25) is 0 Å². The van der Waals surface area contributed by atoms with E-state index in [-0.39, 0.29) is 0 Å². The van der Waals surface area contributed by atoms with Gasteiger partial charge in [0, 0.05) is 44.5 Å². The Balaban J connectivity index is 1.57. The molecule has 1 fully saturated rings. The van der Waals surface area contributed by atoms with Crippen LogP contribution in [0.2, 0.25) is 0 Å². The van der Waals surface area contributed by atoms with Crippen molar-refractivity contribution >= 4 is 11.8 Å². The first kappa shape index (κ1) is 16.2. The summed E-state index contributed by atoms with van der Waals surface area (Å²) >= 11 is 0. The van der Waals surface area contributed by atoms with Crippen LogP contribution in [0.5, 0.6) is 0 Å². The lowest BCUT2D eigenvalue weighted by Crippen LogP contribution is -2.45. The molecular weight excluding hydrogens is 286 g/mol. The highest BCUT2D eigenvalue weighted by Gasteiger charge is 2.17. The zero-order valence-electron chi connectivity index (χ0n) is 14.5. The lowest BCUT2D eigenvalue weighted by atomic mass is 9.97. The van der Waals surface area contributed by atoms with E-state index in [0.717, 1.165) is 56.6 Å². The second-order valence-electron chi connectivity index (χ2n) is 6.77. The molecular formula is C18H29N5. The van der Waals surface area contributed by atoms with Crippen LogP contribution in [-0.4, -0.2) is 54.6 Å². The molecule has 3 rings (SSSR count). The molecule has 2 aliphatic rings. The van der Waals surface area contributed by atoms with Crippen molar-refractivity contribution in [3.63, 3.8) is 0 Å². The monoisotopic (exact) mass is 315 g/mol. The molecule has 1 aliphatic heterocycles. The van der Waals surface area contributed by atoms with Crippen molar-refractivity contribution in [1.82, 2.24) is 14.9 Å². The van der Waals surface area contributed by atoms with Gasteiger partial charge in [0.1, 0.15) is 5.82 Å². The van der Waals surface area contributed by atoms with E-state index in [0.29, 0.717) is 0 Å². The summed E-state index contributed by atoms with van der Waals surface area (Å²) in [5, 5.41) is 3.49. The molecule has 126 valence electrons. The zero-order chi connectivity index (χ0) is 16.1. The van der Waals surface area contributed by atoms with Crippen molar-refractivity contribution in [3.05, 3.63) is 23.4 Å². The Hall–Kier alpha value is -1.62. The first-order chi connectivity index (χ1) is 11.2. The quantitative estimate of drug-likeness (QED) is 0.847. The van der Waals surface area contributed by atoms with E-state index in [9.17, 15) is 0 Å². The summed E-state index contributed by atoms with van der Waals surface area (Å²) in [4.78, 5) is 14.0. The van der Waals surface area contributed by atoms with Gasteiger partial charge < -0.3 is 15.1 Å². The van der Waals surface area contributed by atoms with Crippen LogP contribution >= 0.6 is 0 Å². The standard InChI is InChI=1S/C18H29N5/c1-15-14-17(19-9-8-16-6-4-3-5-7-16)21-18(20-15)23-12-10-22(2)11-13-23/h6,14H,3-5,7-13H2,1-2H3,(H,19,20,21). The molecule has 0 aromatic carbocycles. The Labute approximate surface area is 139 Å². The molecule has 1 saturated heterocycles.